The van der Waals surface area contributed by atoms with Crippen LogP contribution in [0.15, 0.2) is 66.7 Å². The normalized spacial score (nSPS) is 10.7. The minimum absolute atomic E-state index is 0.00338. The lowest BCUT2D eigenvalue weighted by Crippen LogP contribution is -2.21. The minimum atomic E-state index is -0.305. The van der Waals surface area contributed by atoms with Crippen LogP contribution in [0.1, 0.15) is 27.5 Å². The highest BCUT2D eigenvalue weighted by Crippen LogP contribution is 2.30. The number of benzene rings is 2. The summed E-state index contributed by atoms with van der Waals surface area (Å²) in [6, 6.07) is 21.9. The molecule has 1 heterocycles. The van der Waals surface area contributed by atoms with E-state index < -0.39 is 0 Å². The Morgan fingerprint density at radius 2 is 1.43 bits per heavy atom. The van der Waals surface area contributed by atoms with Crippen LogP contribution in [0.2, 0.25) is 0 Å². The molecule has 0 spiro atoms. The number of rotatable bonds is 4. The second-order valence-corrected chi connectivity index (χ2v) is 6.85. The Labute approximate surface area is 140 Å². The molecule has 0 saturated carbocycles. The Kier molecular flexibility index (Phi) is 4.58. The molecule has 23 heavy (non-hydrogen) atoms. The molecule has 0 bridgehead atoms. The second-order valence-electron chi connectivity index (χ2n) is 5.59. The van der Waals surface area contributed by atoms with E-state index in [9.17, 15) is 4.79 Å². The summed E-state index contributed by atoms with van der Waals surface area (Å²) >= 11 is 1.62. The molecule has 2 nitrogen and oxygen atoms in total. The molecule has 0 unspecified atom stereocenters. The molecule has 0 radical (unpaired) electrons. The van der Waals surface area contributed by atoms with E-state index in [1.165, 1.54) is 10.4 Å². The summed E-state index contributed by atoms with van der Waals surface area (Å²) in [5.41, 5.74) is 3.21. The van der Waals surface area contributed by atoms with E-state index in [1.807, 2.05) is 66.7 Å². The predicted octanol–water partition coefficient (Wildman–Crippen LogP) is 5.14. The summed E-state index contributed by atoms with van der Waals surface area (Å²) in [4.78, 5) is 14.2. The van der Waals surface area contributed by atoms with Gasteiger partial charge >= 0.3 is 0 Å². The molecule has 2 aromatic carbocycles. The van der Waals surface area contributed by atoms with Crippen molar-refractivity contribution >= 4 is 22.2 Å². The number of carbonyl (C=O) groups is 1. The predicted molar refractivity (Wildman–Crippen MR) is 97.1 cm³/mol. The molecule has 3 aromatic rings. The van der Waals surface area contributed by atoms with E-state index in [4.69, 9.17) is 0 Å². The fourth-order valence-corrected chi connectivity index (χ4v) is 3.55. The molecule has 1 aromatic heterocycles. The van der Waals surface area contributed by atoms with E-state index in [0.29, 0.717) is 0 Å². The summed E-state index contributed by atoms with van der Waals surface area (Å²) in [6.07, 6.45) is 0. The zero-order valence-electron chi connectivity index (χ0n) is 13.2. The average molecular weight is 321 g/mol. The first-order valence-electron chi connectivity index (χ1n) is 7.63. The summed E-state index contributed by atoms with van der Waals surface area (Å²) in [7, 11) is 0. The molecule has 3 rings (SSSR count). The first-order valence-corrected chi connectivity index (χ1v) is 8.44. The third kappa shape index (κ3) is 3.51. The fraction of sp³-hybridized carbons (Fsp3) is 0.150. The van der Waals surface area contributed by atoms with Crippen molar-refractivity contribution in [3.8, 4) is 0 Å². The maximum Gasteiger partial charge on any atom is 0.236 e. The highest BCUT2D eigenvalue weighted by Gasteiger charge is 2.23. The van der Waals surface area contributed by atoms with Crippen LogP contribution in [0, 0.1) is 13.8 Å². The summed E-state index contributed by atoms with van der Waals surface area (Å²) < 4.78 is 0. The fourth-order valence-electron chi connectivity index (χ4n) is 2.61. The number of anilines is 1. The Balaban J connectivity index is 1.93. The van der Waals surface area contributed by atoms with Crippen LogP contribution >= 0.6 is 11.3 Å². The molecule has 1 N–H and O–H groups in total. The largest absolute Gasteiger partial charge is 0.317 e. The van der Waals surface area contributed by atoms with Gasteiger partial charge in [0.05, 0.1) is 10.9 Å². The van der Waals surface area contributed by atoms with Crippen LogP contribution in [0.3, 0.4) is 0 Å². The van der Waals surface area contributed by atoms with Crippen molar-refractivity contribution in [1.82, 2.24) is 0 Å². The average Bonchev–Trinajstić information content (AvgIpc) is 2.87. The maximum absolute atomic E-state index is 12.9. The van der Waals surface area contributed by atoms with Crippen LogP contribution < -0.4 is 5.32 Å². The molecule has 3 heteroatoms. The lowest BCUT2D eigenvalue weighted by atomic mass is 9.90. The Bertz CT molecular complexity index is 734. The number of hydrogen-bond acceptors (Lipinski definition) is 2. The Morgan fingerprint density at radius 3 is 1.87 bits per heavy atom. The van der Waals surface area contributed by atoms with Crippen molar-refractivity contribution in [2.45, 2.75) is 19.8 Å². The van der Waals surface area contributed by atoms with Crippen molar-refractivity contribution < 1.29 is 4.79 Å². The number of aryl methyl sites for hydroxylation is 2. The topological polar surface area (TPSA) is 29.1 Å². The van der Waals surface area contributed by atoms with Crippen LogP contribution in [0.5, 0.6) is 0 Å². The van der Waals surface area contributed by atoms with Gasteiger partial charge < -0.3 is 5.32 Å². The molecule has 0 fully saturated rings. The smallest absolute Gasteiger partial charge is 0.236 e. The van der Waals surface area contributed by atoms with Crippen LogP contribution in [-0.4, -0.2) is 5.91 Å². The molecule has 116 valence electrons. The highest BCUT2D eigenvalue weighted by atomic mass is 32.1. The van der Waals surface area contributed by atoms with Crippen molar-refractivity contribution in [3.63, 3.8) is 0 Å². The Hall–Kier alpha value is -2.39. The van der Waals surface area contributed by atoms with Gasteiger partial charge in [-0.3, -0.25) is 4.79 Å². The van der Waals surface area contributed by atoms with Gasteiger partial charge in [-0.25, -0.2) is 0 Å². The van der Waals surface area contributed by atoms with E-state index in [1.54, 1.807) is 11.3 Å². The molecule has 0 aliphatic rings. The molecule has 0 aliphatic carbocycles. The number of carbonyl (C=O) groups excluding carboxylic acids is 1. The third-order valence-corrected chi connectivity index (χ3v) is 5.01. The van der Waals surface area contributed by atoms with Crippen molar-refractivity contribution in [1.29, 1.82) is 0 Å². The lowest BCUT2D eigenvalue weighted by molar-refractivity contribution is -0.116. The number of amides is 1. The highest BCUT2D eigenvalue weighted by molar-refractivity contribution is 7.16. The SMILES string of the molecule is Cc1cc(NC(=O)C(c2ccccc2)c2ccccc2)sc1C. The van der Waals surface area contributed by atoms with Crippen LogP contribution in [0.25, 0.3) is 0 Å². The first-order chi connectivity index (χ1) is 11.1. The van der Waals surface area contributed by atoms with Crippen molar-refractivity contribution in [2.75, 3.05) is 5.32 Å². The lowest BCUT2D eigenvalue weighted by Gasteiger charge is -2.17. The van der Waals surface area contributed by atoms with Crippen LogP contribution in [-0.2, 0) is 4.79 Å². The number of thiophene rings is 1. The number of hydrogen-bond donors (Lipinski definition) is 1. The van der Waals surface area contributed by atoms with Gasteiger partial charge in [0.15, 0.2) is 0 Å². The zero-order valence-corrected chi connectivity index (χ0v) is 14.1. The zero-order chi connectivity index (χ0) is 16.2. The van der Waals surface area contributed by atoms with Gasteiger partial charge in [0.2, 0.25) is 5.91 Å². The second kappa shape index (κ2) is 6.80. The number of nitrogens with one attached hydrogen (secondary N) is 1. The van der Waals surface area contributed by atoms with E-state index >= 15 is 0 Å². The van der Waals surface area contributed by atoms with Gasteiger partial charge in [-0.05, 0) is 36.6 Å². The summed E-state index contributed by atoms with van der Waals surface area (Å²) in [6.45, 7) is 4.13. The van der Waals surface area contributed by atoms with Gasteiger partial charge in [-0.2, -0.15) is 0 Å². The molecule has 0 aliphatic heterocycles. The summed E-state index contributed by atoms with van der Waals surface area (Å²) in [5, 5.41) is 3.98. The summed E-state index contributed by atoms with van der Waals surface area (Å²) in [5.74, 6) is -0.302. The monoisotopic (exact) mass is 321 g/mol. The molecule has 0 saturated heterocycles. The maximum atomic E-state index is 12.9. The molecular weight excluding hydrogens is 302 g/mol. The van der Waals surface area contributed by atoms with Crippen molar-refractivity contribution in [3.05, 3.63) is 88.3 Å². The van der Waals surface area contributed by atoms with E-state index in [0.717, 1.165) is 16.1 Å². The minimum Gasteiger partial charge on any atom is -0.317 e. The molecule has 1 amide bonds. The van der Waals surface area contributed by atoms with Crippen molar-refractivity contribution in [2.24, 2.45) is 0 Å². The third-order valence-electron chi connectivity index (χ3n) is 3.94. The standard InChI is InChI=1S/C20H19NOS/c1-14-13-18(23-15(14)2)21-20(22)19(16-9-5-3-6-10-16)17-11-7-4-8-12-17/h3-13,19H,1-2H3,(H,21,22). The van der Waals surface area contributed by atoms with Gasteiger partial charge in [0, 0.05) is 4.88 Å². The quantitative estimate of drug-likeness (QED) is 0.708. The first kappa shape index (κ1) is 15.5. The van der Waals surface area contributed by atoms with E-state index in [2.05, 4.69) is 19.2 Å². The molecular formula is C20H19NOS. The van der Waals surface area contributed by atoms with Gasteiger partial charge in [-0.15, -0.1) is 11.3 Å². The van der Waals surface area contributed by atoms with E-state index in [-0.39, 0.29) is 11.8 Å². The molecule has 0 atom stereocenters. The van der Waals surface area contributed by atoms with Crippen LogP contribution in [0.4, 0.5) is 5.00 Å². The van der Waals surface area contributed by atoms with Gasteiger partial charge in [0.25, 0.3) is 0 Å². The van der Waals surface area contributed by atoms with Gasteiger partial charge in [-0.1, -0.05) is 60.7 Å². The Morgan fingerprint density at radius 1 is 0.913 bits per heavy atom. The van der Waals surface area contributed by atoms with Gasteiger partial charge in [0.1, 0.15) is 0 Å².